The smallest absolute Gasteiger partial charge is 0.252 e. The van der Waals surface area contributed by atoms with Gasteiger partial charge in [0.05, 0.1) is 6.61 Å². The van der Waals surface area contributed by atoms with Crippen LogP contribution in [0.25, 0.3) is 0 Å². The van der Waals surface area contributed by atoms with Crippen LogP contribution in [0.5, 0.6) is 5.75 Å². The van der Waals surface area contributed by atoms with Gasteiger partial charge in [-0.2, -0.15) is 0 Å². The molecule has 0 aromatic heterocycles. The summed E-state index contributed by atoms with van der Waals surface area (Å²) < 4.78 is 40.4. The van der Waals surface area contributed by atoms with Crippen molar-refractivity contribution in [2.45, 2.75) is 31.0 Å². The highest BCUT2D eigenvalue weighted by atomic mass is 79.9. The van der Waals surface area contributed by atoms with E-state index in [1.54, 1.807) is 12.1 Å². The molecule has 216 valence electrons. The fourth-order valence-corrected chi connectivity index (χ4v) is 5.07. The molecular formula is C33H29BrF2N2O4. The molecule has 4 aromatic rings. The van der Waals surface area contributed by atoms with Crippen molar-refractivity contribution in [1.29, 1.82) is 0 Å². The van der Waals surface area contributed by atoms with E-state index in [1.165, 1.54) is 6.07 Å². The van der Waals surface area contributed by atoms with E-state index in [1.807, 2.05) is 66.7 Å². The zero-order valence-corrected chi connectivity index (χ0v) is 24.2. The lowest BCUT2D eigenvalue weighted by Gasteiger charge is -2.31. The van der Waals surface area contributed by atoms with Crippen LogP contribution in [0.1, 0.15) is 34.8 Å². The van der Waals surface area contributed by atoms with Crippen LogP contribution in [0.3, 0.4) is 0 Å². The minimum atomic E-state index is -1.42. The minimum absolute atomic E-state index is 0.0235. The molecule has 1 amide bonds. The summed E-state index contributed by atoms with van der Waals surface area (Å²) >= 11 is 3.46. The van der Waals surface area contributed by atoms with Gasteiger partial charge in [0.2, 0.25) is 5.90 Å². The number of carbonyl (C=O) groups excluding carboxylic acids is 1. The van der Waals surface area contributed by atoms with Crippen molar-refractivity contribution in [3.05, 3.63) is 135 Å². The lowest BCUT2D eigenvalue weighted by Crippen LogP contribution is -2.49. The molecule has 5 rings (SSSR count). The molecule has 0 spiro atoms. The molecule has 1 aliphatic rings. The first-order chi connectivity index (χ1) is 20.4. The number of aliphatic imine (C=N–C) groups is 1. The molecule has 0 bridgehead atoms. The number of nitrogens with one attached hydrogen (secondary N) is 1. The van der Waals surface area contributed by atoms with Gasteiger partial charge in [-0.1, -0.05) is 64.5 Å². The van der Waals surface area contributed by atoms with Crippen LogP contribution in [0, 0.1) is 11.6 Å². The minimum Gasteiger partial charge on any atom is -0.494 e. The summed E-state index contributed by atoms with van der Waals surface area (Å²) in [5.41, 5.74) is 1.29. The van der Waals surface area contributed by atoms with Gasteiger partial charge < -0.3 is 19.9 Å². The molecule has 1 aliphatic heterocycles. The summed E-state index contributed by atoms with van der Waals surface area (Å²) in [6.07, 6.45) is -0.0352. The third-order valence-corrected chi connectivity index (χ3v) is 7.48. The molecule has 0 fully saturated rings. The van der Waals surface area contributed by atoms with E-state index in [0.29, 0.717) is 35.8 Å². The fourth-order valence-electron chi connectivity index (χ4n) is 4.81. The summed E-state index contributed by atoms with van der Waals surface area (Å²) in [4.78, 5) is 19.2. The Morgan fingerprint density at radius 2 is 1.67 bits per heavy atom. The van der Waals surface area contributed by atoms with Crippen molar-refractivity contribution < 1.29 is 28.2 Å². The van der Waals surface area contributed by atoms with E-state index < -0.39 is 29.2 Å². The van der Waals surface area contributed by atoms with Gasteiger partial charge >= 0.3 is 0 Å². The maximum absolute atomic E-state index is 14.2. The lowest BCUT2D eigenvalue weighted by atomic mass is 9.82. The largest absolute Gasteiger partial charge is 0.494 e. The fraction of sp³-hybridized carbons (Fsp3) is 0.212. The Morgan fingerprint density at radius 3 is 2.36 bits per heavy atom. The molecular weight excluding hydrogens is 606 g/mol. The number of aliphatic hydroxyl groups excluding tert-OH is 1. The van der Waals surface area contributed by atoms with Crippen LogP contribution in [0.4, 0.5) is 8.78 Å². The molecule has 42 heavy (non-hydrogen) atoms. The number of amides is 1. The topological polar surface area (TPSA) is 80.2 Å². The van der Waals surface area contributed by atoms with Crippen LogP contribution in [-0.4, -0.2) is 35.7 Å². The molecule has 0 saturated carbocycles. The van der Waals surface area contributed by atoms with Crippen LogP contribution < -0.4 is 10.1 Å². The third kappa shape index (κ3) is 6.69. The summed E-state index contributed by atoms with van der Waals surface area (Å²) in [5, 5.41) is 11.9. The second-order valence-corrected chi connectivity index (χ2v) is 10.8. The number of halogens is 3. The average molecular weight is 636 g/mol. The predicted molar refractivity (Wildman–Crippen MR) is 159 cm³/mol. The standard InChI is InChI=1S/C33H29BrF2N2O4/c34-26-12-7-22(8-13-26)20-33(32(40)37-21-23-9-16-28(35)29(36)19-23)30(24-5-2-1-3-6-24)42-31(38-33)25-10-14-27(15-11-25)41-18-4-17-39/h1-3,5-16,19,30,39H,4,17-18,20-21H2,(H,37,40)/t30-,33-/m1/s1. The van der Waals surface area contributed by atoms with E-state index in [9.17, 15) is 13.6 Å². The highest BCUT2D eigenvalue weighted by Crippen LogP contribution is 2.42. The van der Waals surface area contributed by atoms with E-state index >= 15 is 0 Å². The molecule has 1 heterocycles. The maximum atomic E-state index is 14.2. The third-order valence-electron chi connectivity index (χ3n) is 6.96. The van der Waals surface area contributed by atoms with Gasteiger partial charge in [0.1, 0.15) is 5.75 Å². The summed E-state index contributed by atoms with van der Waals surface area (Å²) in [7, 11) is 0. The van der Waals surface area contributed by atoms with Crippen molar-refractivity contribution in [2.24, 2.45) is 4.99 Å². The summed E-state index contributed by atoms with van der Waals surface area (Å²) in [6, 6.07) is 27.8. The normalized spacial score (nSPS) is 17.8. The zero-order chi connectivity index (χ0) is 29.5. The number of hydrogen-bond donors (Lipinski definition) is 2. The quantitative estimate of drug-likeness (QED) is 0.190. The van der Waals surface area contributed by atoms with Crippen LogP contribution in [0.2, 0.25) is 0 Å². The van der Waals surface area contributed by atoms with Gasteiger partial charge in [0, 0.05) is 36.0 Å². The summed E-state index contributed by atoms with van der Waals surface area (Å²) in [6.45, 7) is 0.407. The van der Waals surface area contributed by atoms with Crippen LogP contribution in [0.15, 0.2) is 107 Å². The van der Waals surface area contributed by atoms with E-state index in [-0.39, 0.29) is 19.6 Å². The SMILES string of the molecule is O=C(NCc1ccc(F)c(F)c1)[C@]1(Cc2ccc(Br)cc2)N=C(c2ccc(OCCCO)cc2)O[C@@H]1c1ccccc1. The molecule has 0 unspecified atom stereocenters. The van der Waals surface area contributed by atoms with Crippen molar-refractivity contribution in [3.8, 4) is 5.75 Å². The Labute approximate surface area is 251 Å². The van der Waals surface area contributed by atoms with Gasteiger partial charge in [-0.25, -0.2) is 13.8 Å². The molecule has 0 radical (unpaired) electrons. The van der Waals surface area contributed by atoms with Crippen molar-refractivity contribution >= 4 is 27.7 Å². The van der Waals surface area contributed by atoms with Gasteiger partial charge in [-0.05, 0) is 65.2 Å². The van der Waals surface area contributed by atoms with E-state index in [2.05, 4.69) is 21.2 Å². The molecule has 6 nitrogen and oxygen atoms in total. The number of aliphatic hydroxyl groups is 1. The Balaban J connectivity index is 1.53. The highest BCUT2D eigenvalue weighted by molar-refractivity contribution is 9.10. The van der Waals surface area contributed by atoms with Gasteiger partial charge in [-0.15, -0.1) is 0 Å². The molecule has 2 atom stereocenters. The number of benzene rings is 4. The van der Waals surface area contributed by atoms with E-state index in [4.69, 9.17) is 19.6 Å². The molecule has 9 heteroatoms. The lowest BCUT2D eigenvalue weighted by molar-refractivity contribution is -0.129. The second kappa shape index (κ2) is 13.3. The van der Waals surface area contributed by atoms with Gasteiger partial charge in [0.15, 0.2) is 23.3 Å². The van der Waals surface area contributed by atoms with Gasteiger partial charge in [0.25, 0.3) is 5.91 Å². The first-order valence-corrected chi connectivity index (χ1v) is 14.3. The highest BCUT2D eigenvalue weighted by Gasteiger charge is 2.53. The molecule has 4 aromatic carbocycles. The first kappa shape index (κ1) is 29.4. The zero-order valence-electron chi connectivity index (χ0n) is 22.6. The average Bonchev–Trinajstić information content (AvgIpc) is 3.40. The van der Waals surface area contributed by atoms with Crippen molar-refractivity contribution in [1.82, 2.24) is 5.32 Å². The number of rotatable bonds is 11. The first-order valence-electron chi connectivity index (χ1n) is 13.5. The number of ether oxygens (including phenoxy) is 2. The maximum Gasteiger partial charge on any atom is 0.252 e. The Kier molecular flexibility index (Phi) is 9.29. The molecule has 0 aliphatic carbocycles. The Hall–Kier alpha value is -4.08. The molecule has 2 N–H and O–H groups in total. The molecule has 0 saturated heterocycles. The van der Waals surface area contributed by atoms with Crippen molar-refractivity contribution in [2.75, 3.05) is 13.2 Å². The van der Waals surface area contributed by atoms with E-state index in [0.717, 1.165) is 27.7 Å². The number of carbonyl (C=O) groups is 1. The van der Waals surface area contributed by atoms with Gasteiger partial charge in [-0.3, -0.25) is 4.79 Å². The Bertz CT molecular complexity index is 1550. The van der Waals surface area contributed by atoms with Crippen LogP contribution in [-0.2, 0) is 22.5 Å². The second-order valence-electron chi connectivity index (χ2n) is 9.93. The summed E-state index contributed by atoms with van der Waals surface area (Å²) in [5.74, 6) is -1.42. The number of hydrogen-bond acceptors (Lipinski definition) is 5. The Morgan fingerprint density at radius 1 is 0.952 bits per heavy atom. The monoisotopic (exact) mass is 634 g/mol. The number of nitrogens with zero attached hydrogens (tertiary/aromatic N) is 1. The van der Waals surface area contributed by atoms with Crippen LogP contribution >= 0.6 is 15.9 Å². The predicted octanol–water partition coefficient (Wildman–Crippen LogP) is 6.30. The van der Waals surface area contributed by atoms with Crippen molar-refractivity contribution in [3.63, 3.8) is 0 Å².